The van der Waals surface area contributed by atoms with Gasteiger partial charge in [0.1, 0.15) is 0 Å². The van der Waals surface area contributed by atoms with Crippen LogP contribution in [-0.4, -0.2) is 11.9 Å². The van der Waals surface area contributed by atoms with E-state index in [1.54, 1.807) is 12.1 Å². The number of carbonyl (C=O) groups excluding carboxylic acids is 2. The smallest absolute Gasteiger partial charge is 0.872 e. The average Bonchev–Trinajstić information content (AvgIpc) is 2.53. The van der Waals surface area contributed by atoms with Crippen LogP contribution in [0.1, 0.15) is 74.8 Å². The van der Waals surface area contributed by atoms with Gasteiger partial charge in [0.25, 0.3) is 0 Å². The van der Waals surface area contributed by atoms with Crippen LogP contribution in [0.15, 0.2) is 36.4 Å². The first-order valence-corrected chi connectivity index (χ1v) is 8.70. The average molecular weight is 437 g/mol. The molecule has 0 heterocycles. The predicted molar refractivity (Wildman–Crippen MR) is 98.9 cm³/mol. The maximum atomic E-state index is 11.1. The molecule has 1 radical (unpaired) electrons. The number of carbonyl (C=O) groups is 2. The van der Waals surface area contributed by atoms with Gasteiger partial charge in [-0.1, -0.05) is 89.4 Å². The number of benzene rings is 2. The Labute approximate surface area is 183 Å². The van der Waals surface area contributed by atoms with Crippen molar-refractivity contribution in [3.05, 3.63) is 58.7 Å². The Hall–Kier alpha value is -2.49. The molecule has 0 atom stereocenters. The molecule has 0 unspecified atom stereocenters. The normalized spacial score (nSPS) is 11.0. The number of aromatic carboxylic acids is 2. The van der Waals surface area contributed by atoms with Crippen LogP contribution in [-0.2, 0) is 28.2 Å². The standard InChI is InChI=1S/2C11H14O3.Cr/c2*1-11(2,3)7-4-5-9(12)8(6-7)10(13)14;/h2*4-6,12H,1-3H3,(H,13,14);/q;;+3/p-3. The van der Waals surface area contributed by atoms with Gasteiger partial charge in [-0.2, -0.15) is 0 Å². The van der Waals surface area contributed by atoms with Crippen LogP contribution in [0.25, 0.3) is 0 Å². The van der Waals surface area contributed by atoms with Gasteiger partial charge in [-0.25, -0.2) is 0 Å². The summed E-state index contributed by atoms with van der Waals surface area (Å²) in [6, 6.07) is 8.61. The fourth-order valence-electron chi connectivity index (χ4n) is 2.31. The summed E-state index contributed by atoms with van der Waals surface area (Å²) in [7, 11) is 0. The zero-order valence-corrected chi connectivity index (χ0v) is 18.6. The summed E-state index contributed by atoms with van der Waals surface area (Å²) in [6.07, 6.45) is 0. The third kappa shape index (κ3) is 7.45. The molecule has 0 aliphatic heterocycles. The van der Waals surface area contributed by atoms with Gasteiger partial charge in [-0.05, 0) is 33.1 Å². The van der Waals surface area contributed by atoms with E-state index in [-0.39, 0.29) is 40.7 Å². The van der Waals surface area contributed by atoms with E-state index < -0.39 is 23.4 Å². The second-order valence-corrected chi connectivity index (χ2v) is 8.50. The van der Waals surface area contributed by atoms with Crippen molar-refractivity contribution < 1.29 is 48.8 Å². The molecule has 2 aromatic rings. The Morgan fingerprint density at radius 1 is 0.690 bits per heavy atom. The fourth-order valence-corrected chi connectivity index (χ4v) is 2.31. The van der Waals surface area contributed by atoms with E-state index in [1.807, 2.05) is 41.5 Å². The fraction of sp³-hybridized carbons (Fsp3) is 0.364. The Bertz CT molecular complexity index is 809. The van der Waals surface area contributed by atoms with Crippen molar-refractivity contribution in [2.24, 2.45) is 0 Å². The van der Waals surface area contributed by atoms with Gasteiger partial charge in [0.2, 0.25) is 0 Å². The molecule has 0 aliphatic carbocycles. The molecule has 0 bridgehead atoms. The maximum absolute atomic E-state index is 11.1. The molecular formula is C22H25CrO6. The summed E-state index contributed by atoms with van der Waals surface area (Å²) in [5, 5.41) is 43.4. The van der Waals surface area contributed by atoms with E-state index in [0.29, 0.717) is 0 Å². The Kier molecular flexibility index (Phi) is 8.98. The van der Waals surface area contributed by atoms with Crippen LogP contribution in [0, 0.1) is 0 Å². The molecule has 0 spiro atoms. The van der Waals surface area contributed by atoms with Crippen molar-refractivity contribution in [2.75, 3.05) is 0 Å². The molecule has 0 aliphatic rings. The van der Waals surface area contributed by atoms with Gasteiger partial charge in [-0.15, -0.1) is 0 Å². The van der Waals surface area contributed by atoms with E-state index in [0.717, 1.165) is 11.1 Å². The summed E-state index contributed by atoms with van der Waals surface area (Å²) < 4.78 is 0. The second kappa shape index (κ2) is 9.82. The van der Waals surface area contributed by atoms with Crippen LogP contribution in [0.3, 0.4) is 0 Å². The Morgan fingerprint density at radius 3 is 1.17 bits per heavy atom. The molecule has 0 fully saturated rings. The third-order valence-corrected chi connectivity index (χ3v) is 4.13. The zero-order valence-electron chi connectivity index (χ0n) is 18.3. The van der Waals surface area contributed by atoms with Gasteiger partial charge >= 0.3 is 18.8 Å². The van der Waals surface area contributed by atoms with Gasteiger partial charge in [0.05, 0.1) is 11.9 Å². The maximum Gasteiger partial charge on any atom is 3.00 e. The van der Waals surface area contributed by atoms with E-state index >= 15 is 0 Å². The molecule has 155 valence electrons. The predicted octanol–water partition coefficient (Wildman–Crippen LogP) is 0.952. The van der Waals surface area contributed by atoms with Crippen molar-refractivity contribution in [2.45, 2.75) is 52.4 Å². The van der Waals surface area contributed by atoms with Gasteiger partial charge in [0, 0.05) is 0 Å². The minimum Gasteiger partial charge on any atom is -0.872 e. The molecule has 29 heavy (non-hydrogen) atoms. The van der Waals surface area contributed by atoms with E-state index in [9.17, 15) is 30.0 Å². The van der Waals surface area contributed by atoms with Crippen molar-refractivity contribution in [3.8, 4) is 11.5 Å². The molecule has 7 heteroatoms. The molecule has 0 aromatic heterocycles. The molecule has 2 rings (SSSR count). The molecule has 0 saturated carbocycles. The second-order valence-electron chi connectivity index (χ2n) is 8.50. The summed E-state index contributed by atoms with van der Waals surface area (Å²) in [4.78, 5) is 21.2. The first-order chi connectivity index (χ1) is 12.6. The van der Waals surface area contributed by atoms with E-state index in [2.05, 4.69) is 0 Å². The summed E-state index contributed by atoms with van der Waals surface area (Å²) in [5.41, 5.74) is 0.762. The first-order valence-electron chi connectivity index (χ1n) is 8.70. The van der Waals surface area contributed by atoms with Crippen molar-refractivity contribution in [1.82, 2.24) is 0 Å². The van der Waals surface area contributed by atoms with Gasteiger partial charge in [-0.3, -0.25) is 0 Å². The quantitative estimate of drug-likeness (QED) is 0.689. The van der Waals surface area contributed by atoms with E-state index in [1.165, 1.54) is 24.3 Å². The number of rotatable bonds is 2. The first kappa shape index (κ1) is 26.5. The van der Waals surface area contributed by atoms with Crippen LogP contribution < -0.4 is 20.4 Å². The van der Waals surface area contributed by atoms with Crippen LogP contribution in [0.5, 0.6) is 11.5 Å². The Morgan fingerprint density at radius 2 is 0.966 bits per heavy atom. The van der Waals surface area contributed by atoms with Crippen LogP contribution in [0.2, 0.25) is 0 Å². The van der Waals surface area contributed by atoms with Crippen molar-refractivity contribution >= 4 is 11.9 Å². The summed E-state index contributed by atoms with van der Waals surface area (Å²) in [6.45, 7) is 11.7. The largest absolute Gasteiger partial charge is 3.00 e. The minimum absolute atomic E-state index is 0. The summed E-state index contributed by atoms with van der Waals surface area (Å²) >= 11 is 0. The molecule has 6 nitrogen and oxygen atoms in total. The molecular weight excluding hydrogens is 412 g/mol. The number of carboxylic acids is 2. The number of hydrogen-bond acceptors (Lipinski definition) is 6. The van der Waals surface area contributed by atoms with E-state index in [4.69, 9.17) is 0 Å². The molecule has 2 aromatic carbocycles. The molecule has 0 saturated heterocycles. The third-order valence-electron chi connectivity index (χ3n) is 4.13. The molecule has 0 N–H and O–H groups in total. The monoisotopic (exact) mass is 437 g/mol. The Balaban J connectivity index is 0. The van der Waals surface area contributed by atoms with Crippen LogP contribution in [0.4, 0.5) is 0 Å². The number of hydrogen-bond donors (Lipinski definition) is 0. The topological polar surface area (TPSA) is 126 Å². The SMILES string of the molecule is CC(C)(C)c1ccc([O-])c(C(=O)[O-])c1.CC(C)(C)c1ccc([O-])c(C(=O)[O-])c1.[Cr+3].[H+]. The van der Waals surface area contributed by atoms with Crippen molar-refractivity contribution in [1.29, 1.82) is 0 Å². The number of carboxylic acid groups (broad SMARTS) is 2. The summed E-state index contributed by atoms with van der Waals surface area (Å²) in [5.74, 6) is -3.84. The van der Waals surface area contributed by atoms with Gasteiger partial charge in [0.15, 0.2) is 0 Å². The van der Waals surface area contributed by atoms with Crippen molar-refractivity contribution in [3.63, 3.8) is 0 Å². The molecule has 0 amide bonds. The zero-order chi connectivity index (χ0) is 21.9. The van der Waals surface area contributed by atoms with Crippen LogP contribution >= 0.6 is 0 Å². The van der Waals surface area contributed by atoms with Gasteiger partial charge < -0.3 is 30.0 Å². The minimum atomic E-state index is -1.42.